The third-order valence-corrected chi connectivity index (χ3v) is 1.96. The monoisotopic (exact) mass is 230 g/mol. The molecule has 0 aromatic heterocycles. The fourth-order valence-electron chi connectivity index (χ4n) is 1.21. The van der Waals surface area contributed by atoms with Crippen LogP contribution in [0.15, 0.2) is 0 Å². The van der Waals surface area contributed by atoms with E-state index in [1.165, 1.54) is 0 Å². The lowest BCUT2D eigenvalue weighted by Gasteiger charge is -2.22. The number of alkyl carbamates (subject to hydrolysis) is 1. The molecular formula is C11H22N2O3. The molecule has 5 nitrogen and oxygen atoms in total. The predicted octanol–water partition coefficient (Wildman–Crippen LogP) is 1.41. The van der Waals surface area contributed by atoms with Crippen LogP contribution in [-0.4, -0.2) is 23.6 Å². The Balaban J connectivity index is 4.01. The van der Waals surface area contributed by atoms with Crippen molar-refractivity contribution in [1.82, 2.24) is 5.32 Å². The van der Waals surface area contributed by atoms with Gasteiger partial charge >= 0.3 is 6.09 Å². The van der Waals surface area contributed by atoms with E-state index in [0.29, 0.717) is 6.42 Å². The first-order chi connectivity index (χ1) is 7.11. The molecule has 0 rings (SSSR count). The molecule has 0 heterocycles. The number of carbonyl (C=O) groups excluding carboxylic acids is 2. The molecule has 0 aromatic carbocycles. The molecule has 2 amide bonds. The Bertz CT molecular complexity index is 258. The second-order valence-corrected chi connectivity index (χ2v) is 5.09. The quantitative estimate of drug-likeness (QED) is 0.766. The van der Waals surface area contributed by atoms with Gasteiger partial charge in [-0.2, -0.15) is 0 Å². The number of rotatable bonds is 4. The van der Waals surface area contributed by atoms with Gasteiger partial charge in [0.1, 0.15) is 5.60 Å². The summed E-state index contributed by atoms with van der Waals surface area (Å²) in [6, 6.07) is -0.141. The summed E-state index contributed by atoms with van der Waals surface area (Å²) in [6.07, 6.45) is 0.0332. The van der Waals surface area contributed by atoms with Crippen LogP contribution in [0, 0.1) is 5.92 Å². The summed E-state index contributed by atoms with van der Waals surface area (Å²) in [7, 11) is 0. The summed E-state index contributed by atoms with van der Waals surface area (Å²) in [6.45, 7) is 8.93. The Kier molecular flexibility index (Phi) is 5.27. The van der Waals surface area contributed by atoms with Crippen LogP contribution in [0.1, 0.15) is 41.0 Å². The molecule has 2 atom stereocenters. The molecule has 5 heteroatoms. The maximum atomic E-state index is 11.4. The van der Waals surface area contributed by atoms with Crippen LogP contribution in [0.25, 0.3) is 0 Å². The molecule has 0 aromatic rings. The number of hydrogen-bond donors (Lipinski definition) is 2. The predicted molar refractivity (Wildman–Crippen MR) is 61.8 cm³/mol. The molecule has 0 bridgehead atoms. The average molecular weight is 230 g/mol. The van der Waals surface area contributed by atoms with Crippen LogP contribution in [0.4, 0.5) is 4.79 Å². The van der Waals surface area contributed by atoms with Crippen LogP contribution in [0.2, 0.25) is 0 Å². The van der Waals surface area contributed by atoms with E-state index < -0.39 is 11.7 Å². The highest BCUT2D eigenvalue weighted by molar-refractivity contribution is 5.76. The molecule has 0 saturated heterocycles. The Morgan fingerprint density at radius 1 is 1.31 bits per heavy atom. The minimum atomic E-state index is -0.515. The van der Waals surface area contributed by atoms with E-state index in [2.05, 4.69) is 5.32 Å². The summed E-state index contributed by atoms with van der Waals surface area (Å²) in [4.78, 5) is 22.2. The largest absolute Gasteiger partial charge is 0.444 e. The van der Waals surface area contributed by atoms with Gasteiger partial charge in [0.2, 0.25) is 5.91 Å². The summed E-state index contributed by atoms with van der Waals surface area (Å²) >= 11 is 0. The Hall–Kier alpha value is -1.26. The van der Waals surface area contributed by atoms with Gasteiger partial charge in [-0.25, -0.2) is 4.79 Å². The molecule has 0 aliphatic heterocycles. The van der Waals surface area contributed by atoms with Crippen molar-refractivity contribution in [2.75, 3.05) is 0 Å². The zero-order chi connectivity index (χ0) is 12.9. The van der Waals surface area contributed by atoms with Gasteiger partial charge < -0.3 is 15.8 Å². The van der Waals surface area contributed by atoms with Gasteiger partial charge in [0.15, 0.2) is 0 Å². The van der Waals surface area contributed by atoms with Crippen molar-refractivity contribution in [2.24, 2.45) is 11.7 Å². The molecule has 94 valence electrons. The molecule has 3 N–H and O–H groups in total. The smallest absolute Gasteiger partial charge is 0.407 e. The number of carbonyl (C=O) groups is 2. The van der Waals surface area contributed by atoms with E-state index >= 15 is 0 Å². The van der Waals surface area contributed by atoms with Crippen molar-refractivity contribution >= 4 is 12.0 Å². The molecule has 0 fully saturated rings. The lowest BCUT2D eigenvalue weighted by atomic mass is 10.0. The lowest BCUT2D eigenvalue weighted by molar-refractivity contribution is -0.121. The minimum Gasteiger partial charge on any atom is -0.444 e. The fraction of sp³-hybridized carbons (Fsp3) is 0.818. The molecular weight excluding hydrogens is 208 g/mol. The van der Waals surface area contributed by atoms with Crippen molar-refractivity contribution in [3.05, 3.63) is 0 Å². The van der Waals surface area contributed by atoms with Gasteiger partial charge in [-0.15, -0.1) is 0 Å². The summed E-state index contributed by atoms with van der Waals surface area (Å²) < 4.78 is 5.08. The van der Waals surface area contributed by atoms with Crippen LogP contribution < -0.4 is 11.1 Å². The lowest BCUT2D eigenvalue weighted by Crippen LogP contribution is -2.39. The van der Waals surface area contributed by atoms with Crippen molar-refractivity contribution < 1.29 is 14.3 Å². The first kappa shape index (κ1) is 14.7. The molecule has 2 unspecified atom stereocenters. The zero-order valence-electron chi connectivity index (χ0n) is 10.7. The van der Waals surface area contributed by atoms with Gasteiger partial charge in [0, 0.05) is 12.0 Å². The fourth-order valence-corrected chi connectivity index (χ4v) is 1.21. The normalized spacial score (nSPS) is 15.1. The second kappa shape index (κ2) is 5.72. The van der Waals surface area contributed by atoms with E-state index in [-0.39, 0.29) is 17.9 Å². The third-order valence-electron chi connectivity index (χ3n) is 1.96. The molecule has 0 spiro atoms. The highest BCUT2D eigenvalue weighted by Gasteiger charge is 2.19. The van der Waals surface area contributed by atoms with Crippen molar-refractivity contribution in [3.63, 3.8) is 0 Å². The Morgan fingerprint density at radius 2 is 1.81 bits per heavy atom. The van der Waals surface area contributed by atoms with E-state index in [9.17, 15) is 9.59 Å². The minimum absolute atomic E-state index is 0.141. The number of nitrogens with two attached hydrogens (primary N) is 1. The van der Waals surface area contributed by atoms with Gasteiger partial charge in [0.05, 0.1) is 0 Å². The first-order valence-corrected chi connectivity index (χ1v) is 5.40. The molecule has 0 saturated carbocycles. The zero-order valence-corrected chi connectivity index (χ0v) is 10.7. The molecule has 0 aliphatic carbocycles. The number of hydrogen-bond acceptors (Lipinski definition) is 3. The number of nitrogens with one attached hydrogen (secondary N) is 1. The maximum Gasteiger partial charge on any atom is 0.407 e. The molecule has 0 radical (unpaired) electrons. The van der Waals surface area contributed by atoms with Gasteiger partial charge in [-0.1, -0.05) is 6.92 Å². The van der Waals surface area contributed by atoms with E-state index in [0.717, 1.165) is 0 Å². The van der Waals surface area contributed by atoms with Crippen molar-refractivity contribution in [1.29, 1.82) is 0 Å². The van der Waals surface area contributed by atoms with Gasteiger partial charge in [0.25, 0.3) is 0 Å². The van der Waals surface area contributed by atoms with Crippen LogP contribution in [-0.2, 0) is 9.53 Å². The first-order valence-electron chi connectivity index (χ1n) is 5.40. The highest BCUT2D eigenvalue weighted by atomic mass is 16.6. The van der Waals surface area contributed by atoms with Gasteiger partial charge in [-0.05, 0) is 34.1 Å². The van der Waals surface area contributed by atoms with Crippen LogP contribution in [0.5, 0.6) is 0 Å². The maximum absolute atomic E-state index is 11.4. The number of amides is 2. The third kappa shape index (κ3) is 7.09. The van der Waals surface area contributed by atoms with Gasteiger partial charge in [-0.3, -0.25) is 4.79 Å². The standard InChI is InChI=1S/C11H22N2O3/c1-7(9(12)14)6-8(2)13-10(15)16-11(3,4)5/h7-8H,6H2,1-5H3,(H2,12,14)(H,13,15). The molecule has 16 heavy (non-hydrogen) atoms. The SMILES string of the molecule is CC(CC(C)C(N)=O)NC(=O)OC(C)(C)C. The topological polar surface area (TPSA) is 81.4 Å². The molecule has 0 aliphatic rings. The Morgan fingerprint density at radius 3 is 2.19 bits per heavy atom. The Labute approximate surface area is 96.7 Å². The van der Waals surface area contributed by atoms with E-state index in [1.54, 1.807) is 27.7 Å². The van der Waals surface area contributed by atoms with Crippen LogP contribution >= 0.6 is 0 Å². The second-order valence-electron chi connectivity index (χ2n) is 5.09. The summed E-state index contributed by atoms with van der Waals surface area (Å²) in [5.74, 6) is -0.622. The summed E-state index contributed by atoms with van der Waals surface area (Å²) in [5.41, 5.74) is 4.62. The average Bonchev–Trinajstić information content (AvgIpc) is 1.98. The van der Waals surface area contributed by atoms with E-state index in [1.807, 2.05) is 6.92 Å². The number of ether oxygens (including phenoxy) is 1. The number of primary amides is 1. The van der Waals surface area contributed by atoms with Crippen molar-refractivity contribution in [2.45, 2.75) is 52.7 Å². The van der Waals surface area contributed by atoms with E-state index in [4.69, 9.17) is 10.5 Å². The van der Waals surface area contributed by atoms with Crippen molar-refractivity contribution in [3.8, 4) is 0 Å². The summed E-state index contributed by atoms with van der Waals surface area (Å²) in [5, 5.41) is 2.65. The highest BCUT2D eigenvalue weighted by Crippen LogP contribution is 2.09. The van der Waals surface area contributed by atoms with Crippen LogP contribution in [0.3, 0.4) is 0 Å².